The van der Waals surface area contributed by atoms with Gasteiger partial charge in [-0.2, -0.15) is 5.10 Å². The van der Waals surface area contributed by atoms with Crippen LogP contribution < -0.4 is 5.32 Å². The normalized spacial score (nSPS) is 21.8. The van der Waals surface area contributed by atoms with Gasteiger partial charge in [-0.05, 0) is 38.6 Å². The molecule has 5 heteroatoms. The van der Waals surface area contributed by atoms with Crippen LogP contribution in [0, 0.1) is 0 Å². The highest BCUT2D eigenvalue weighted by Gasteiger charge is 2.17. The first-order chi connectivity index (χ1) is 8.31. The predicted molar refractivity (Wildman–Crippen MR) is 68.0 cm³/mol. The summed E-state index contributed by atoms with van der Waals surface area (Å²) in [5.74, 6) is 0.921. The fourth-order valence-electron chi connectivity index (χ4n) is 2.40. The van der Waals surface area contributed by atoms with Crippen LogP contribution in [0.2, 0.25) is 0 Å². The van der Waals surface area contributed by atoms with Crippen molar-refractivity contribution in [2.45, 2.75) is 18.9 Å². The van der Waals surface area contributed by atoms with Crippen molar-refractivity contribution in [3.8, 4) is 0 Å². The fourth-order valence-corrected chi connectivity index (χ4v) is 2.40. The van der Waals surface area contributed by atoms with Gasteiger partial charge >= 0.3 is 0 Å². The summed E-state index contributed by atoms with van der Waals surface area (Å²) in [6.45, 7) is 2.28. The van der Waals surface area contributed by atoms with Crippen molar-refractivity contribution >= 4 is 16.9 Å². The second kappa shape index (κ2) is 4.33. The Kier molecular flexibility index (Phi) is 2.68. The number of hydrogen-bond acceptors (Lipinski definition) is 4. The molecular weight excluding hydrogens is 214 g/mol. The van der Waals surface area contributed by atoms with E-state index in [-0.39, 0.29) is 0 Å². The zero-order valence-electron chi connectivity index (χ0n) is 9.98. The van der Waals surface area contributed by atoms with Gasteiger partial charge in [0.05, 0.1) is 0 Å². The van der Waals surface area contributed by atoms with E-state index in [9.17, 15) is 0 Å². The molecule has 2 N–H and O–H groups in total. The number of piperidine rings is 1. The first-order valence-electron chi connectivity index (χ1n) is 6.07. The maximum Gasteiger partial charge on any atom is 0.182 e. The van der Waals surface area contributed by atoms with Gasteiger partial charge in [-0.3, -0.25) is 5.10 Å². The topological polar surface area (TPSA) is 56.8 Å². The SMILES string of the molecule is CN1CCCC(Nc2ccc3c[nH]nc3n2)C1. The molecule has 17 heavy (non-hydrogen) atoms. The lowest BCUT2D eigenvalue weighted by molar-refractivity contribution is 0.261. The van der Waals surface area contributed by atoms with E-state index in [4.69, 9.17) is 0 Å². The molecule has 1 aliphatic heterocycles. The van der Waals surface area contributed by atoms with Gasteiger partial charge in [-0.1, -0.05) is 0 Å². The number of anilines is 1. The van der Waals surface area contributed by atoms with E-state index in [0.717, 1.165) is 23.4 Å². The molecule has 3 rings (SSSR count). The minimum atomic E-state index is 0.498. The molecule has 0 saturated carbocycles. The zero-order valence-corrected chi connectivity index (χ0v) is 9.98. The van der Waals surface area contributed by atoms with Crippen molar-refractivity contribution in [2.24, 2.45) is 0 Å². The minimum Gasteiger partial charge on any atom is -0.366 e. The molecule has 5 nitrogen and oxygen atoms in total. The number of likely N-dealkylation sites (tertiary alicyclic amines) is 1. The lowest BCUT2D eigenvalue weighted by Gasteiger charge is -2.30. The third kappa shape index (κ3) is 2.24. The van der Waals surface area contributed by atoms with E-state index in [0.29, 0.717) is 6.04 Å². The summed E-state index contributed by atoms with van der Waals surface area (Å²) in [6, 6.07) is 4.56. The van der Waals surface area contributed by atoms with Crippen molar-refractivity contribution in [3.05, 3.63) is 18.3 Å². The summed E-state index contributed by atoms with van der Waals surface area (Å²) in [4.78, 5) is 6.84. The number of aromatic amines is 1. The van der Waals surface area contributed by atoms with Crippen LogP contribution in [-0.4, -0.2) is 46.3 Å². The first kappa shape index (κ1) is 10.5. The van der Waals surface area contributed by atoms with Gasteiger partial charge in [-0.25, -0.2) is 4.98 Å². The molecule has 0 amide bonds. The molecule has 1 aliphatic rings. The number of pyridine rings is 1. The standard InChI is InChI=1S/C12H17N5/c1-17-6-2-3-10(8-17)14-11-5-4-9-7-13-16-12(9)15-11/h4-5,7,10H,2-3,6,8H2,1H3,(H2,13,14,15,16). The highest BCUT2D eigenvalue weighted by molar-refractivity contribution is 5.75. The Bertz CT molecular complexity index is 506. The summed E-state index contributed by atoms with van der Waals surface area (Å²) < 4.78 is 0. The molecule has 0 aromatic carbocycles. The Morgan fingerprint density at radius 2 is 2.41 bits per heavy atom. The molecule has 0 spiro atoms. The van der Waals surface area contributed by atoms with Gasteiger partial charge in [0.15, 0.2) is 5.65 Å². The Labute approximate surface area is 100 Å². The number of nitrogens with zero attached hydrogens (tertiary/aromatic N) is 3. The number of hydrogen-bond donors (Lipinski definition) is 2. The average Bonchev–Trinajstić information content (AvgIpc) is 2.76. The van der Waals surface area contributed by atoms with Crippen molar-refractivity contribution < 1.29 is 0 Å². The van der Waals surface area contributed by atoms with Gasteiger partial charge in [0.1, 0.15) is 5.82 Å². The van der Waals surface area contributed by atoms with Crippen LogP contribution in [0.25, 0.3) is 11.0 Å². The molecule has 0 radical (unpaired) electrons. The van der Waals surface area contributed by atoms with Crippen molar-refractivity contribution in [1.29, 1.82) is 0 Å². The largest absolute Gasteiger partial charge is 0.366 e. The van der Waals surface area contributed by atoms with Crippen LogP contribution >= 0.6 is 0 Å². The van der Waals surface area contributed by atoms with Gasteiger partial charge in [0.2, 0.25) is 0 Å². The molecule has 2 aromatic rings. The summed E-state index contributed by atoms with van der Waals surface area (Å²) in [6.07, 6.45) is 4.32. The van der Waals surface area contributed by atoms with Crippen molar-refractivity contribution in [3.63, 3.8) is 0 Å². The lowest BCUT2D eigenvalue weighted by Crippen LogP contribution is -2.39. The Morgan fingerprint density at radius 3 is 3.29 bits per heavy atom. The number of fused-ring (bicyclic) bond motifs is 1. The van der Waals surface area contributed by atoms with E-state index in [1.54, 1.807) is 0 Å². The minimum absolute atomic E-state index is 0.498. The predicted octanol–water partition coefficient (Wildman–Crippen LogP) is 1.46. The monoisotopic (exact) mass is 231 g/mol. The zero-order chi connectivity index (χ0) is 11.7. The number of aromatic nitrogens is 3. The Hall–Kier alpha value is -1.62. The van der Waals surface area contributed by atoms with Crippen LogP contribution in [-0.2, 0) is 0 Å². The van der Waals surface area contributed by atoms with Gasteiger partial charge in [0.25, 0.3) is 0 Å². The van der Waals surface area contributed by atoms with E-state index in [2.05, 4.69) is 32.4 Å². The number of likely N-dealkylation sites (N-methyl/N-ethyl adjacent to an activating group) is 1. The van der Waals surface area contributed by atoms with Crippen molar-refractivity contribution in [1.82, 2.24) is 20.1 Å². The van der Waals surface area contributed by atoms with Gasteiger partial charge in [-0.15, -0.1) is 0 Å². The quantitative estimate of drug-likeness (QED) is 0.821. The van der Waals surface area contributed by atoms with Gasteiger partial charge in [0, 0.05) is 24.2 Å². The smallest absolute Gasteiger partial charge is 0.182 e. The fraction of sp³-hybridized carbons (Fsp3) is 0.500. The summed E-state index contributed by atoms with van der Waals surface area (Å²) >= 11 is 0. The van der Waals surface area contributed by atoms with E-state index >= 15 is 0 Å². The number of H-pyrrole nitrogens is 1. The number of nitrogens with one attached hydrogen (secondary N) is 2. The molecule has 0 bridgehead atoms. The molecule has 0 aliphatic carbocycles. The molecule has 1 unspecified atom stereocenters. The molecule has 90 valence electrons. The first-order valence-corrected chi connectivity index (χ1v) is 6.07. The Balaban J connectivity index is 1.75. The third-order valence-electron chi connectivity index (χ3n) is 3.27. The summed E-state index contributed by atoms with van der Waals surface area (Å²) in [5, 5.41) is 11.5. The maximum atomic E-state index is 4.48. The molecular formula is C12H17N5. The molecule has 1 saturated heterocycles. The van der Waals surface area contributed by atoms with Crippen molar-refractivity contribution in [2.75, 3.05) is 25.5 Å². The molecule has 1 fully saturated rings. The summed E-state index contributed by atoms with van der Waals surface area (Å²) in [7, 11) is 2.16. The second-order valence-corrected chi connectivity index (χ2v) is 4.74. The van der Waals surface area contributed by atoms with Crippen LogP contribution in [0.15, 0.2) is 18.3 Å². The van der Waals surface area contributed by atoms with Crippen LogP contribution in [0.4, 0.5) is 5.82 Å². The maximum absolute atomic E-state index is 4.48. The lowest BCUT2D eigenvalue weighted by atomic mass is 10.1. The molecule has 2 aromatic heterocycles. The van der Waals surface area contributed by atoms with E-state index in [1.807, 2.05) is 18.3 Å². The van der Waals surface area contributed by atoms with Crippen LogP contribution in [0.5, 0.6) is 0 Å². The van der Waals surface area contributed by atoms with Crippen LogP contribution in [0.1, 0.15) is 12.8 Å². The highest BCUT2D eigenvalue weighted by atomic mass is 15.2. The van der Waals surface area contributed by atoms with Crippen LogP contribution in [0.3, 0.4) is 0 Å². The van der Waals surface area contributed by atoms with Gasteiger partial charge < -0.3 is 10.2 Å². The summed E-state index contributed by atoms with van der Waals surface area (Å²) in [5.41, 5.74) is 0.777. The van der Waals surface area contributed by atoms with E-state index < -0.39 is 0 Å². The Morgan fingerprint density at radius 1 is 1.47 bits per heavy atom. The average molecular weight is 231 g/mol. The highest BCUT2D eigenvalue weighted by Crippen LogP contribution is 2.16. The number of rotatable bonds is 2. The molecule has 1 atom stereocenters. The second-order valence-electron chi connectivity index (χ2n) is 4.74. The van der Waals surface area contributed by atoms with E-state index in [1.165, 1.54) is 19.4 Å². The molecule has 3 heterocycles. The third-order valence-corrected chi connectivity index (χ3v) is 3.27.